The minimum Gasteiger partial charge on any atom is -0.481 e. The van der Waals surface area contributed by atoms with E-state index in [0.717, 1.165) is 0 Å². The lowest BCUT2D eigenvalue weighted by Crippen LogP contribution is -2.32. The number of hydrogen-bond acceptors (Lipinski definition) is 3. The van der Waals surface area contributed by atoms with Gasteiger partial charge in [-0.25, -0.2) is 0 Å². The molecule has 0 aromatic carbocycles. The van der Waals surface area contributed by atoms with Crippen LogP contribution in [0.1, 0.15) is 32.6 Å². The first-order valence-corrected chi connectivity index (χ1v) is 5.08. The van der Waals surface area contributed by atoms with Gasteiger partial charge in [-0.3, -0.25) is 4.79 Å². The lowest BCUT2D eigenvalue weighted by molar-refractivity contribution is -0.145. The molecule has 0 spiro atoms. The maximum Gasteiger partial charge on any atom is 0.306 e. The molecule has 4 nitrogen and oxygen atoms in total. The van der Waals surface area contributed by atoms with Gasteiger partial charge in [-0.05, 0) is 38.5 Å². The topological polar surface area (TPSA) is 77.8 Å². The molecule has 0 saturated heterocycles. The van der Waals surface area contributed by atoms with Crippen LogP contribution < -0.4 is 0 Å². The highest BCUT2D eigenvalue weighted by Crippen LogP contribution is 2.32. The number of carbonyl (C=O) groups is 1. The van der Waals surface area contributed by atoms with Crippen LogP contribution in [0.25, 0.3) is 0 Å². The number of aliphatic carboxylic acids is 1. The van der Waals surface area contributed by atoms with Crippen LogP contribution >= 0.6 is 0 Å². The highest BCUT2D eigenvalue weighted by Gasteiger charge is 2.32. The smallest absolute Gasteiger partial charge is 0.306 e. The van der Waals surface area contributed by atoms with Gasteiger partial charge in [0.15, 0.2) is 0 Å². The van der Waals surface area contributed by atoms with Crippen LogP contribution in [0.2, 0.25) is 0 Å². The Kier molecular flexibility index (Phi) is 3.89. The van der Waals surface area contributed by atoms with Crippen molar-refractivity contribution in [1.29, 1.82) is 0 Å². The molecule has 1 aliphatic carbocycles. The fraction of sp³-hybridized carbons (Fsp3) is 0.900. The van der Waals surface area contributed by atoms with Gasteiger partial charge in [0.25, 0.3) is 0 Å². The summed E-state index contributed by atoms with van der Waals surface area (Å²) in [6, 6.07) is 0. The minimum absolute atomic E-state index is 0.139. The number of hydrogen-bond donors (Lipinski definition) is 3. The van der Waals surface area contributed by atoms with E-state index >= 15 is 0 Å². The summed E-state index contributed by atoms with van der Waals surface area (Å²) in [5.41, 5.74) is 0. The summed E-state index contributed by atoms with van der Waals surface area (Å²) in [4.78, 5) is 10.8. The Labute approximate surface area is 83.6 Å². The second-order valence-electron chi connectivity index (χ2n) is 4.35. The maximum absolute atomic E-state index is 10.8. The third-order valence-electron chi connectivity index (χ3n) is 2.80. The van der Waals surface area contributed by atoms with Crippen LogP contribution in [0.5, 0.6) is 0 Å². The molecule has 82 valence electrons. The van der Waals surface area contributed by atoms with Crippen molar-refractivity contribution < 1.29 is 20.1 Å². The number of carboxylic acids is 1. The highest BCUT2D eigenvalue weighted by molar-refractivity contribution is 5.70. The van der Waals surface area contributed by atoms with Crippen molar-refractivity contribution in [2.75, 3.05) is 0 Å². The van der Waals surface area contributed by atoms with Crippen molar-refractivity contribution in [3.8, 4) is 0 Å². The summed E-state index contributed by atoms with van der Waals surface area (Å²) in [5.74, 6) is -1.14. The van der Waals surface area contributed by atoms with Gasteiger partial charge in [0.05, 0.1) is 18.1 Å². The summed E-state index contributed by atoms with van der Waals surface area (Å²) in [6.45, 7) is 1.69. The van der Waals surface area contributed by atoms with Crippen molar-refractivity contribution in [1.82, 2.24) is 0 Å². The summed E-state index contributed by atoms with van der Waals surface area (Å²) in [6.07, 6.45) is 1.20. The largest absolute Gasteiger partial charge is 0.481 e. The molecular weight excluding hydrogens is 184 g/mol. The van der Waals surface area contributed by atoms with Crippen LogP contribution in [0, 0.1) is 11.8 Å². The standard InChI is InChI=1S/C10H18O4/c1-6(11)2-7-3-8(10(13)14)5-9(12)4-7/h6-9,11-12H,2-5H2,1H3,(H,13,14). The number of rotatable bonds is 3. The molecule has 0 aromatic heterocycles. The van der Waals surface area contributed by atoms with Gasteiger partial charge in [-0.15, -0.1) is 0 Å². The Balaban J connectivity index is 2.49. The summed E-state index contributed by atoms with van der Waals surface area (Å²) in [7, 11) is 0. The molecule has 0 aromatic rings. The molecule has 4 heteroatoms. The Morgan fingerprint density at radius 2 is 2.07 bits per heavy atom. The van der Waals surface area contributed by atoms with Crippen molar-refractivity contribution in [3.63, 3.8) is 0 Å². The fourth-order valence-corrected chi connectivity index (χ4v) is 2.28. The van der Waals surface area contributed by atoms with Gasteiger partial charge in [-0.1, -0.05) is 0 Å². The lowest BCUT2D eigenvalue weighted by atomic mass is 9.77. The predicted molar refractivity (Wildman–Crippen MR) is 50.8 cm³/mol. The van der Waals surface area contributed by atoms with Gasteiger partial charge in [-0.2, -0.15) is 0 Å². The number of aliphatic hydroxyl groups is 2. The Hall–Kier alpha value is -0.610. The van der Waals surface area contributed by atoms with Crippen LogP contribution in [0.15, 0.2) is 0 Å². The molecule has 0 radical (unpaired) electrons. The first-order valence-electron chi connectivity index (χ1n) is 5.08. The quantitative estimate of drug-likeness (QED) is 0.627. The molecular formula is C10H18O4. The molecule has 1 aliphatic rings. The van der Waals surface area contributed by atoms with Crippen LogP contribution in [-0.2, 0) is 4.79 Å². The van der Waals surface area contributed by atoms with E-state index in [2.05, 4.69) is 0 Å². The summed E-state index contributed by atoms with van der Waals surface area (Å²) in [5, 5.41) is 27.5. The zero-order valence-corrected chi connectivity index (χ0v) is 8.39. The van der Waals surface area contributed by atoms with Crippen LogP contribution in [-0.4, -0.2) is 33.5 Å². The van der Waals surface area contributed by atoms with Gasteiger partial charge in [0, 0.05) is 0 Å². The van der Waals surface area contributed by atoms with E-state index in [0.29, 0.717) is 25.7 Å². The minimum atomic E-state index is -0.834. The van der Waals surface area contributed by atoms with E-state index in [-0.39, 0.29) is 5.92 Å². The first-order chi connectivity index (χ1) is 6.49. The van der Waals surface area contributed by atoms with Gasteiger partial charge >= 0.3 is 5.97 Å². The Morgan fingerprint density at radius 1 is 1.43 bits per heavy atom. The van der Waals surface area contributed by atoms with Crippen molar-refractivity contribution in [2.24, 2.45) is 11.8 Å². The third kappa shape index (κ3) is 3.27. The molecule has 0 aliphatic heterocycles. The molecule has 1 saturated carbocycles. The molecule has 3 N–H and O–H groups in total. The lowest BCUT2D eigenvalue weighted by Gasteiger charge is -2.30. The van der Waals surface area contributed by atoms with Crippen LogP contribution in [0.4, 0.5) is 0 Å². The second-order valence-corrected chi connectivity index (χ2v) is 4.35. The molecule has 1 rings (SSSR count). The molecule has 0 bridgehead atoms. The normalized spacial score (nSPS) is 35.2. The summed E-state index contributed by atoms with van der Waals surface area (Å²) < 4.78 is 0. The Morgan fingerprint density at radius 3 is 2.57 bits per heavy atom. The number of aliphatic hydroxyl groups excluding tert-OH is 2. The summed E-state index contributed by atoms with van der Waals surface area (Å²) >= 11 is 0. The van der Waals surface area contributed by atoms with E-state index in [1.807, 2.05) is 0 Å². The van der Waals surface area contributed by atoms with Crippen molar-refractivity contribution in [2.45, 2.75) is 44.8 Å². The predicted octanol–water partition coefficient (Wildman–Crippen LogP) is 0.619. The van der Waals surface area contributed by atoms with E-state index < -0.39 is 24.1 Å². The third-order valence-corrected chi connectivity index (χ3v) is 2.80. The van der Waals surface area contributed by atoms with E-state index in [1.165, 1.54) is 0 Å². The molecule has 1 fully saturated rings. The van der Waals surface area contributed by atoms with Crippen molar-refractivity contribution >= 4 is 5.97 Å². The zero-order chi connectivity index (χ0) is 10.7. The molecule has 4 atom stereocenters. The molecule has 0 amide bonds. The monoisotopic (exact) mass is 202 g/mol. The fourth-order valence-electron chi connectivity index (χ4n) is 2.28. The first kappa shape index (κ1) is 11.5. The van der Waals surface area contributed by atoms with Crippen molar-refractivity contribution in [3.05, 3.63) is 0 Å². The van der Waals surface area contributed by atoms with E-state index in [9.17, 15) is 15.0 Å². The highest BCUT2D eigenvalue weighted by atomic mass is 16.4. The maximum atomic E-state index is 10.8. The molecule has 0 heterocycles. The Bertz CT molecular complexity index is 200. The number of carboxylic acid groups (broad SMARTS) is 1. The van der Waals surface area contributed by atoms with Crippen LogP contribution in [0.3, 0.4) is 0 Å². The van der Waals surface area contributed by atoms with Gasteiger partial charge in [0.2, 0.25) is 0 Å². The van der Waals surface area contributed by atoms with E-state index in [4.69, 9.17) is 5.11 Å². The van der Waals surface area contributed by atoms with Gasteiger partial charge < -0.3 is 15.3 Å². The van der Waals surface area contributed by atoms with Gasteiger partial charge in [0.1, 0.15) is 0 Å². The average molecular weight is 202 g/mol. The second kappa shape index (κ2) is 4.75. The SMILES string of the molecule is CC(O)CC1CC(O)CC(C(=O)O)C1. The van der Waals surface area contributed by atoms with E-state index in [1.54, 1.807) is 6.92 Å². The molecule has 14 heavy (non-hydrogen) atoms. The molecule has 4 unspecified atom stereocenters. The zero-order valence-electron chi connectivity index (χ0n) is 8.39. The average Bonchev–Trinajstić information content (AvgIpc) is 2.01.